The summed E-state index contributed by atoms with van der Waals surface area (Å²) in [6.07, 6.45) is 3.30. The van der Waals surface area contributed by atoms with Gasteiger partial charge in [0, 0.05) is 19.0 Å². The largest absolute Gasteiger partial charge is 0.453 e. The third kappa shape index (κ3) is 2.72. The predicted octanol–water partition coefficient (Wildman–Crippen LogP) is 1.77. The summed E-state index contributed by atoms with van der Waals surface area (Å²) in [6, 6.07) is 0. The first-order valence-electron chi connectivity index (χ1n) is 5.72. The molecule has 1 aromatic rings. The number of piperidine rings is 1. The molecule has 0 saturated carbocycles. The SMILES string of the molecule is COC(=O)N1CCCC(c2cnc(N)c(Br)n2)C1. The van der Waals surface area contributed by atoms with Crippen LogP contribution in [0.5, 0.6) is 0 Å². The molecule has 2 rings (SSSR count). The Morgan fingerprint density at radius 1 is 1.67 bits per heavy atom. The van der Waals surface area contributed by atoms with Gasteiger partial charge in [-0.05, 0) is 28.8 Å². The summed E-state index contributed by atoms with van der Waals surface area (Å²) in [5, 5.41) is 0. The van der Waals surface area contributed by atoms with Gasteiger partial charge in [-0.3, -0.25) is 0 Å². The third-order valence-corrected chi connectivity index (χ3v) is 3.63. The van der Waals surface area contributed by atoms with Crippen LogP contribution in [-0.4, -0.2) is 41.2 Å². The van der Waals surface area contributed by atoms with Gasteiger partial charge in [-0.15, -0.1) is 0 Å². The van der Waals surface area contributed by atoms with Crippen molar-refractivity contribution in [1.29, 1.82) is 0 Å². The van der Waals surface area contributed by atoms with Crippen LogP contribution in [0.3, 0.4) is 0 Å². The summed E-state index contributed by atoms with van der Waals surface area (Å²) in [4.78, 5) is 21.6. The zero-order chi connectivity index (χ0) is 13.1. The lowest BCUT2D eigenvalue weighted by atomic mass is 9.95. The maximum absolute atomic E-state index is 11.5. The second kappa shape index (κ2) is 5.51. The first-order chi connectivity index (χ1) is 8.61. The van der Waals surface area contributed by atoms with Crippen LogP contribution in [0.2, 0.25) is 0 Å². The fourth-order valence-electron chi connectivity index (χ4n) is 2.10. The number of nitrogens with two attached hydrogens (primary N) is 1. The molecule has 98 valence electrons. The zero-order valence-corrected chi connectivity index (χ0v) is 11.7. The Labute approximate surface area is 114 Å². The van der Waals surface area contributed by atoms with E-state index in [1.54, 1.807) is 11.1 Å². The molecule has 1 saturated heterocycles. The molecule has 1 amide bonds. The van der Waals surface area contributed by atoms with Gasteiger partial charge >= 0.3 is 6.09 Å². The lowest BCUT2D eigenvalue weighted by molar-refractivity contribution is 0.110. The maximum atomic E-state index is 11.5. The van der Waals surface area contributed by atoms with Crippen molar-refractivity contribution in [1.82, 2.24) is 14.9 Å². The van der Waals surface area contributed by atoms with E-state index in [1.165, 1.54) is 7.11 Å². The van der Waals surface area contributed by atoms with E-state index in [0.717, 1.165) is 25.1 Å². The Morgan fingerprint density at radius 2 is 2.44 bits per heavy atom. The predicted molar refractivity (Wildman–Crippen MR) is 70.1 cm³/mol. The molecule has 7 heteroatoms. The van der Waals surface area contributed by atoms with E-state index in [-0.39, 0.29) is 12.0 Å². The number of carbonyl (C=O) groups is 1. The molecule has 0 bridgehead atoms. The molecule has 1 aromatic heterocycles. The quantitative estimate of drug-likeness (QED) is 0.854. The van der Waals surface area contributed by atoms with Gasteiger partial charge in [0.25, 0.3) is 0 Å². The van der Waals surface area contributed by atoms with Gasteiger partial charge in [-0.25, -0.2) is 14.8 Å². The number of hydrogen-bond acceptors (Lipinski definition) is 5. The molecule has 18 heavy (non-hydrogen) atoms. The van der Waals surface area contributed by atoms with E-state index in [9.17, 15) is 4.79 Å². The Bertz CT molecular complexity index is 455. The molecule has 1 atom stereocenters. The van der Waals surface area contributed by atoms with Crippen molar-refractivity contribution in [2.75, 3.05) is 25.9 Å². The Kier molecular flexibility index (Phi) is 4.00. The summed E-state index contributed by atoms with van der Waals surface area (Å²) < 4.78 is 5.29. The van der Waals surface area contributed by atoms with E-state index in [1.807, 2.05) is 0 Å². The van der Waals surface area contributed by atoms with Crippen LogP contribution in [0.25, 0.3) is 0 Å². The van der Waals surface area contributed by atoms with E-state index in [0.29, 0.717) is 17.0 Å². The molecular formula is C11H15BrN4O2. The highest BCUT2D eigenvalue weighted by Crippen LogP contribution is 2.27. The van der Waals surface area contributed by atoms with Gasteiger partial charge < -0.3 is 15.4 Å². The first-order valence-corrected chi connectivity index (χ1v) is 6.52. The number of amides is 1. The fraction of sp³-hybridized carbons (Fsp3) is 0.545. The summed E-state index contributed by atoms with van der Waals surface area (Å²) in [6.45, 7) is 1.34. The molecule has 1 aliphatic heterocycles. The standard InChI is InChI=1S/C11H15BrN4O2/c1-18-11(17)16-4-2-3-7(6-16)8-5-14-10(13)9(12)15-8/h5,7H,2-4,6H2,1H3,(H2,13,14). The summed E-state index contributed by atoms with van der Waals surface area (Å²) in [7, 11) is 1.39. The molecule has 0 spiro atoms. The molecule has 0 aliphatic carbocycles. The molecule has 1 unspecified atom stereocenters. The molecule has 0 aromatic carbocycles. The van der Waals surface area contributed by atoms with Gasteiger partial charge in [0.05, 0.1) is 19.0 Å². The average Bonchev–Trinajstić information content (AvgIpc) is 2.41. The van der Waals surface area contributed by atoms with Gasteiger partial charge in [-0.1, -0.05) is 0 Å². The highest BCUT2D eigenvalue weighted by molar-refractivity contribution is 9.10. The lowest BCUT2D eigenvalue weighted by Crippen LogP contribution is -2.39. The van der Waals surface area contributed by atoms with Crippen LogP contribution < -0.4 is 5.73 Å². The fourth-order valence-corrected chi connectivity index (χ4v) is 2.41. The van der Waals surface area contributed by atoms with Crippen LogP contribution in [-0.2, 0) is 4.74 Å². The molecule has 2 N–H and O–H groups in total. The van der Waals surface area contributed by atoms with Crippen molar-refractivity contribution in [2.45, 2.75) is 18.8 Å². The Hall–Kier alpha value is -1.37. The smallest absolute Gasteiger partial charge is 0.409 e. The van der Waals surface area contributed by atoms with Crippen LogP contribution in [0.4, 0.5) is 10.6 Å². The summed E-state index contributed by atoms with van der Waals surface area (Å²) >= 11 is 3.27. The van der Waals surface area contributed by atoms with E-state index in [2.05, 4.69) is 25.9 Å². The number of carbonyl (C=O) groups excluding carboxylic acids is 1. The first kappa shape index (κ1) is 13.1. The minimum atomic E-state index is -0.290. The number of ether oxygens (including phenoxy) is 1. The second-order valence-corrected chi connectivity index (χ2v) is 4.98. The molecule has 1 aliphatic rings. The van der Waals surface area contributed by atoms with Gasteiger partial charge in [0.15, 0.2) is 5.82 Å². The average molecular weight is 315 g/mol. The number of aromatic nitrogens is 2. The van der Waals surface area contributed by atoms with E-state index >= 15 is 0 Å². The van der Waals surface area contributed by atoms with Crippen LogP contribution in [0, 0.1) is 0 Å². The number of anilines is 1. The van der Waals surface area contributed by atoms with Gasteiger partial charge in [0.2, 0.25) is 0 Å². The minimum Gasteiger partial charge on any atom is -0.453 e. The van der Waals surface area contributed by atoms with Crippen molar-refractivity contribution in [2.24, 2.45) is 0 Å². The van der Waals surface area contributed by atoms with Crippen molar-refractivity contribution in [3.8, 4) is 0 Å². The van der Waals surface area contributed by atoms with Crippen LogP contribution >= 0.6 is 15.9 Å². The molecule has 2 heterocycles. The highest BCUT2D eigenvalue weighted by atomic mass is 79.9. The van der Waals surface area contributed by atoms with Crippen LogP contribution in [0.15, 0.2) is 10.8 Å². The van der Waals surface area contributed by atoms with E-state index in [4.69, 9.17) is 10.5 Å². The van der Waals surface area contributed by atoms with Gasteiger partial charge in [0.1, 0.15) is 4.60 Å². The second-order valence-electron chi connectivity index (χ2n) is 4.23. The minimum absolute atomic E-state index is 0.183. The summed E-state index contributed by atoms with van der Waals surface area (Å²) in [5.74, 6) is 0.557. The number of methoxy groups -OCH3 is 1. The van der Waals surface area contributed by atoms with Gasteiger partial charge in [-0.2, -0.15) is 0 Å². The normalized spacial score (nSPS) is 19.7. The number of nitrogens with zero attached hydrogens (tertiary/aromatic N) is 3. The molecule has 1 fully saturated rings. The number of nitrogen functional groups attached to an aromatic ring is 1. The zero-order valence-electron chi connectivity index (χ0n) is 10.1. The monoisotopic (exact) mass is 314 g/mol. The summed E-state index contributed by atoms with van der Waals surface area (Å²) in [5.41, 5.74) is 6.46. The maximum Gasteiger partial charge on any atom is 0.409 e. The molecule has 0 radical (unpaired) electrons. The number of likely N-dealkylation sites (tertiary alicyclic amines) is 1. The number of rotatable bonds is 1. The molecule has 6 nitrogen and oxygen atoms in total. The molecular weight excluding hydrogens is 300 g/mol. The third-order valence-electron chi connectivity index (χ3n) is 3.05. The Morgan fingerprint density at radius 3 is 3.11 bits per heavy atom. The number of halogens is 1. The van der Waals surface area contributed by atoms with E-state index < -0.39 is 0 Å². The van der Waals surface area contributed by atoms with Crippen molar-refractivity contribution in [3.05, 3.63) is 16.5 Å². The number of hydrogen-bond donors (Lipinski definition) is 1. The van der Waals surface area contributed by atoms with Crippen molar-refractivity contribution in [3.63, 3.8) is 0 Å². The van der Waals surface area contributed by atoms with Crippen LogP contribution in [0.1, 0.15) is 24.5 Å². The van der Waals surface area contributed by atoms with Crippen molar-refractivity contribution >= 4 is 27.8 Å². The van der Waals surface area contributed by atoms with Crippen molar-refractivity contribution < 1.29 is 9.53 Å². The highest BCUT2D eigenvalue weighted by Gasteiger charge is 2.26. The Balaban J connectivity index is 2.13. The lowest BCUT2D eigenvalue weighted by Gasteiger charge is -2.31. The topological polar surface area (TPSA) is 81.3 Å².